The highest BCUT2D eigenvalue weighted by molar-refractivity contribution is 5.96. The van der Waals surface area contributed by atoms with Crippen molar-refractivity contribution in [1.82, 2.24) is 10.9 Å². The van der Waals surface area contributed by atoms with Crippen LogP contribution in [0.25, 0.3) is 0 Å². The number of hydrogen-bond acceptors (Lipinski definition) is 4. The molecule has 1 atom stereocenters. The second-order valence-corrected chi connectivity index (χ2v) is 6.80. The van der Waals surface area contributed by atoms with Gasteiger partial charge in [0.15, 0.2) is 6.10 Å². The predicted octanol–water partition coefficient (Wildman–Crippen LogP) is 3.41. The second-order valence-electron chi connectivity index (χ2n) is 6.80. The van der Waals surface area contributed by atoms with Crippen molar-refractivity contribution in [2.75, 3.05) is 6.61 Å². The van der Waals surface area contributed by atoms with Crippen LogP contribution in [0.15, 0.2) is 48.5 Å². The Morgan fingerprint density at radius 3 is 2.57 bits per heavy atom. The van der Waals surface area contributed by atoms with E-state index in [1.807, 2.05) is 24.3 Å². The smallest absolute Gasteiger partial charge is 0.279 e. The molecule has 1 aliphatic heterocycles. The summed E-state index contributed by atoms with van der Waals surface area (Å²) in [6.45, 7) is 2.85. The lowest BCUT2D eigenvalue weighted by atomic mass is 10.1. The van der Waals surface area contributed by atoms with Crippen molar-refractivity contribution in [3.63, 3.8) is 0 Å². The molecular formula is C22H26N2O4. The summed E-state index contributed by atoms with van der Waals surface area (Å²) in [6.07, 6.45) is 4.44. The summed E-state index contributed by atoms with van der Waals surface area (Å²) < 4.78 is 11.3. The molecule has 0 radical (unpaired) electrons. The average Bonchev–Trinajstić information content (AvgIpc) is 3.16. The average molecular weight is 382 g/mol. The topological polar surface area (TPSA) is 76.7 Å². The molecule has 0 aromatic heterocycles. The Balaban J connectivity index is 1.42. The number of ether oxygens (including phenoxy) is 2. The van der Waals surface area contributed by atoms with Gasteiger partial charge in [-0.25, -0.2) is 0 Å². The van der Waals surface area contributed by atoms with Gasteiger partial charge in [-0.3, -0.25) is 20.4 Å². The lowest BCUT2D eigenvalue weighted by Gasteiger charge is -2.12. The highest BCUT2D eigenvalue weighted by Gasteiger charge is 2.28. The second kappa shape index (κ2) is 9.78. The van der Waals surface area contributed by atoms with E-state index >= 15 is 0 Å². The van der Waals surface area contributed by atoms with Gasteiger partial charge in [-0.1, -0.05) is 44.4 Å². The van der Waals surface area contributed by atoms with Gasteiger partial charge in [-0.2, -0.15) is 0 Å². The number of hydrogen-bond donors (Lipinski definition) is 2. The Labute approximate surface area is 165 Å². The summed E-state index contributed by atoms with van der Waals surface area (Å²) in [5.74, 6) is 0.670. The highest BCUT2D eigenvalue weighted by atomic mass is 16.5. The number of hydrazine groups is 1. The molecule has 148 valence electrons. The third-order valence-electron chi connectivity index (χ3n) is 4.62. The van der Waals surface area contributed by atoms with E-state index in [-0.39, 0.29) is 5.91 Å². The molecule has 0 fully saturated rings. The molecule has 6 nitrogen and oxygen atoms in total. The van der Waals surface area contributed by atoms with Gasteiger partial charge >= 0.3 is 0 Å². The highest BCUT2D eigenvalue weighted by Crippen LogP contribution is 2.28. The zero-order valence-corrected chi connectivity index (χ0v) is 16.1. The number of rotatable bonds is 8. The standard InChI is InChI=1S/C22H26N2O4/c1-2-3-4-7-14-27-18-12-10-16(11-13-18)21(25)23-24-22(26)20-15-17-8-5-6-9-19(17)28-20/h5-6,8-13,20H,2-4,7,14-15H2,1H3,(H,23,25)(H,24,26). The number of amides is 2. The molecule has 1 unspecified atom stereocenters. The zero-order valence-electron chi connectivity index (χ0n) is 16.1. The van der Waals surface area contributed by atoms with Crippen LogP contribution in [0, 0.1) is 0 Å². The van der Waals surface area contributed by atoms with Crippen LogP contribution in [-0.2, 0) is 11.2 Å². The SMILES string of the molecule is CCCCCCOc1ccc(C(=O)NNC(=O)C2Cc3ccccc3O2)cc1. The Morgan fingerprint density at radius 1 is 1.04 bits per heavy atom. The van der Waals surface area contributed by atoms with E-state index in [1.54, 1.807) is 24.3 Å². The van der Waals surface area contributed by atoms with E-state index < -0.39 is 12.0 Å². The van der Waals surface area contributed by atoms with Crippen LogP contribution in [-0.4, -0.2) is 24.5 Å². The molecule has 3 rings (SSSR count). The van der Waals surface area contributed by atoms with Crippen molar-refractivity contribution in [1.29, 1.82) is 0 Å². The number of carbonyl (C=O) groups is 2. The van der Waals surface area contributed by atoms with Crippen LogP contribution in [0.5, 0.6) is 11.5 Å². The van der Waals surface area contributed by atoms with Gasteiger partial charge in [0.1, 0.15) is 11.5 Å². The van der Waals surface area contributed by atoms with E-state index in [2.05, 4.69) is 17.8 Å². The van der Waals surface area contributed by atoms with E-state index in [4.69, 9.17) is 9.47 Å². The largest absolute Gasteiger partial charge is 0.494 e. The molecule has 0 saturated carbocycles. The van der Waals surface area contributed by atoms with Gasteiger partial charge in [-0.05, 0) is 42.3 Å². The molecule has 6 heteroatoms. The third-order valence-corrected chi connectivity index (χ3v) is 4.62. The first-order valence-corrected chi connectivity index (χ1v) is 9.75. The minimum atomic E-state index is -0.638. The van der Waals surface area contributed by atoms with Gasteiger partial charge < -0.3 is 9.47 Å². The van der Waals surface area contributed by atoms with Gasteiger partial charge in [0.2, 0.25) is 0 Å². The van der Waals surface area contributed by atoms with Crippen molar-refractivity contribution in [2.24, 2.45) is 0 Å². The number of unbranched alkanes of at least 4 members (excludes halogenated alkanes) is 3. The molecule has 2 amide bonds. The summed E-state index contributed by atoms with van der Waals surface area (Å²) in [5, 5.41) is 0. The maximum absolute atomic E-state index is 12.2. The van der Waals surface area contributed by atoms with Gasteiger partial charge in [-0.15, -0.1) is 0 Å². The molecule has 2 N–H and O–H groups in total. The summed E-state index contributed by atoms with van der Waals surface area (Å²) in [6, 6.07) is 14.4. The quantitative estimate of drug-likeness (QED) is 0.542. The van der Waals surface area contributed by atoms with E-state index in [9.17, 15) is 9.59 Å². The summed E-state index contributed by atoms with van der Waals surface area (Å²) >= 11 is 0. The summed E-state index contributed by atoms with van der Waals surface area (Å²) in [5.41, 5.74) is 6.28. The van der Waals surface area contributed by atoms with Crippen molar-refractivity contribution >= 4 is 11.8 Å². The number of para-hydroxylation sites is 1. The molecule has 0 spiro atoms. The van der Waals surface area contributed by atoms with Crippen LogP contribution in [0.4, 0.5) is 0 Å². The predicted molar refractivity (Wildman–Crippen MR) is 106 cm³/mol. The fraction of sp³-hybridized carbons (Fsp3) is 0.364. The zero-order chi connectivity index (χ0) is 19.8. The van der Waals surface area contributed by atoms with Crippen LogP contribution >= 0.6 is 0 Å². The fourth-order valence-corrected chi connectivity index (χ4v) is 3.02. The normalized spacial score (nSPS) is 14.7. The van der Waals surface area contributed by atoms with Crippen molar-refractivity contribution in [2.45, 2.75) is 45.1 Å². The van der Waals surface area contributed by atoms with Gasteiger partial charge in [0, 0.05) is 12.0 Å². The first-order valence-electron chi connectivity index (χ1n) is 9.75. The van der Waals surface area contributed by atoms with Gasteiger partial charge in [0.05, 0.1) is 6.61 Å². The monoisotopic (exact) mass is 382 g/mol. The maximum Gasteiger partial charge on any atom is 0.279 e. The molecule has 2 aromatic rings. The number of benzene rings is 2. The fourth-order valence-electron chi connectivity index (χ4n) is 3.02. The first kappa shape index (κ1) is 19.7. The molecule has 0 aliphatic carbocycles. The molecule has 0 bridgehead atoms. The molecule has 0 saturated heterocycles. The van der Waals surface area contributed by atoms with Gasteiger partial charge in [0.25, 0.3) is 11.8 Å². The van der Waals surface area contributed by atoms with Crippen molar-refractivity contribution in [3.8, 4) is 11.5 Å². The Kier molecular flexibility index (Phi) is 6.89. The van der Waals surface area contributed by atoms with Crippen LogP contribution in [0.2, 0.25) is 0 Å². The Morgan fingerprint density at radius 2 is 1.82 bits per heavy atom. The van der Waals surface area contributed by atoms with Crippen molar-refractivity contribution < 1.29 is 19.1 Å². The molecular weight excluding hydrogens is 356 g/mol. The van der Waals surface area contributed by atoms with Crippen LogP contribution < -0.4 is 20.3 Å². The number of nitrogens with one attached hydrogen (secondary N) is 2. The first-order chi connectivity index (χ1) is 13.7. The maximum atomic E-state index is 12.2. The number of fused-ring (bicyclic) bond motifs is 1. The minimum absolute atomic E-state index is 0.378. The van der Waals surface area contributed by atoms with Crippen molar-refractivity contribution in [3.05, 3.63) is 59.7 Å². The Bertz CT molecular complexity index is 779. The minimum Gasteiger partial charge on any atom is -0.494 e. The third kappa shape index (κ3) is 5.25. The molecule has 2 aromatic carbocycles. The molecule has 1 heterocycles. The molecule has 1 aliphatic rings. The summed E-state index contributed by atoms with van der Waals surface area (Å²) in [4.78, 5) is 24.4. The van der Waals surface area contributed by atoms with E-state index in [1.165, 1.54) is 12.8 Å². The number of carbonyl (C=O) groups excluding carboxylic acids is 2. The Hall–Kier alpha value is -3.02. The van der Waals surface area contributed by atoms with Crippen LogP contribution in [0.1, 0.15) is 48.5 Å². The molecule has 28 heavy (non-hydrogen) atoms. The lowest BCUT2D eigenvalue weighted by molar-refractivity contribution is -0.128. The van der Waals surface area contributed by atoms with E-state index in [0.717, 1.165) is 24.2 Å². The summed E-state index contributed by atoms with van der Waals surface area (Å²) in [7, 11) is 0. The lowest BCUT2D eigenvalue weighted by Crippen LogP contribution is -2.47. The van der Waals surface area contributed by atoms with E-state index in [0.29, 0.717) is 24.3 Å². The van der Waals surface area contributed by atoms with Crippen LogP contribution in [0.3, 0.4) is 0 Å².